The van der Waals surface area contributed by atoms with Crippen LogP contribution in [0.25, 0.3) is 10.8 Å². The van der Waals surface area contributed by atoms with Gasteiger partial charge in [-0.2, -0.15) is 0 Å². The van der Waals surface area contributed by atoms with Gasteiger partial charge in [0, 0.05) is 27.3 Å². The van der Waals surface area contributed by atoms with Crippen LogP contribution in [0.3, 0.4) is 0 Å². The highest BCUT2D eigenvalue weighted by atomic mass is 32.1. The first-order valence-corrected chi connectivity index (χ1v) is 16.7. The second-order valence-electron chi connectivity index (χ2n) is 12.6. The molecule has 0 radical (unpaired) electrons. The average Bonchev–Trinajstić information content (AvgIpc) is 3.69. The Balaban J connectivity index is 1.38. The number of esters is 1. The lowest BCUT2D eigenvalue weighted by Gasteiger charge is -2.28. The van der Waals surface area contributed by atoms with Crippen molar-refractivity contribution in [1.82, 2.24) is 10.3 Å². The number of nitrogens with one attached hydrogen (secondary N) is 1. The molecule has 2 aromatic heterocycles. The number of carbonyl (C=O) groups is 2. The van der Waals surface area contributed by atoms with Crippen molar-refractivity contribution >= 4 is 34.0 Å². The number of carbonyl (C=O) groups excluding carboxylic acids is 2. The number of aromatic nitrogens is 1. The highest BCUT2D eigenvalue weighted by Gasteiger charge is 2.26. The average molecular weight is 591 g/mol. The standard InChI is InChI=1S/C35H46N2O4S/c1-5-23-10-13-26(14-11-23)41-27-15-12-25-19-31(36-30(29(25)20-27)18-24-8-6-7-9-24)34(38)37-32(35(39)40-4)21-28-16-17-33(42-28)22(2)3/h12,15-17,19-20,22-24,26,32H,5-11,13-14,18,21H2,1-4H3,(H,37,38)/t23?,26?,32-/m0/s1. The molecule has 1 N–H and O–H groups in total. The van der Waals surface area contributed by atoms with Crippen molar-refractivity contribution in [3.63, 3.8) is 0 Å². The summed E-state index contributed by atoms with van der Waals surface area (Å²) in [7, 11) is 1.36. The Bertz CT molecular complexity index is 1370. The zero-order chi connectivity index (χ0) is 29.6. The lowest BCUT2D eigenvalue weighted by atomic mass is 9.86. The van der Waals surface area contributed by atoms with Crippen LogP contribution in [0.5, 0.6) is 5.75 Å². The van der Waals surface area contributed by atoms with Crippen LogP contribution < -0.4 is 10.1 Å². The summed E-state index contributed by atoms with van der Waals surface area (Å²) in [5, 5.41) is 4.97. The molecule has 2 heterocycles. The molecule has 0 spiro atoms. The second-order valence-corrected chi connectivity index (χ2v) is 13.8. The van der Waals surface area contributed by atoms with Gasteiger partial charge in [-0.25, -0.2) is 9.78 Å². The lowest BCUT2D eigenvalue weighted by Crippen LogP contribution is -2.43. The van der Waals surface area contributed by atoms with E-state index in [1.54, 1.807) is 11.3 Å². The second kappa shape index (κ2) is 14.0. The van der Waals surface area contributed by atoms with Crippen molar-refractivity contribution in [2.24, 2.45) is 11.8 Å². The molecule has 6 nitrogen and oxygen atoms in total. The molecule has 2 aliphatic rings. The first kappa shape index (κ1) is 30.5. The quantitative estimate of drug-likeness (QED) is 0.229. The van der Waals surface area contributed by atoms with Crippen LogP contribution in [-0.4, -0.2) is 36.1 Å². The highest BCUT2D eigenvalue weighted by Crippen LogP contribution is 2.34. The van der Waals surface area contributed by atoms with Gasteiger partial charge in [-0.05, 0) is 85.6 Å². The molecule has 1 atom stereocenters. The monoisotopic (exact) mass is 590 g/mol. The summed E-state index contributed by atoms with van der Waals surface area (Å²) in [6.07, 6.45) is 12.3. The fourth-order valence-corrected chi connectivity index (χ4v) is 7.62. The molecule has 0 unspecified atom stereocenters. The van der Waals surface area contributed by atoms with Crippen LogP contribution in [0.1, 0.15) is 110 Å². The van der Waals surface area contributed by atoms with E-state index in [2.05, 4.69) is 44.3 Å². The fourth-order valence-electron chi connectivity index (χ4n) is 6.56. The van der Waals surface area contributed by atoms with Crippen molar-refractivity contribution in [3.8, 4) is 5.75 Å². The predicted molar refractivity (Wildman–Crippen MR) is 169 cm³/mol. The van der Waals surface area contributed by atoms with Gasteiger partial charge < -0.3 is 14.8 Å². The molecule has 5 rings (SSSR count). The Kier molecular flexibility index (Phi) is 10.2. The van der Waals surface area contributed by atoms with Gasteiger partial charge in [-0.15, -0.1) is 11.3 Å². The predicted octanol–water partition coefficient (Wildman–Crippen LogP) is 8.01. The van der Waals surface area contributed by atoms with Crippen molar-refractivity contribution < 1.29 is 19.1 Å². The van der Waals surface area contributed by atoms with E-state index in [0.717, 1.165) is 52.3 Å². The number of pyridine rings is 1. The maximum atomic E-state index is 13.6. The molecule has 2 aliphatic carbocycles. The molecular formula is C35H46N2O4S. The zero-order valence-electron chi connectivity index (χ0n) is 25.6. The Morgan fingerprint density at radius 2 is 1.76 bits per heavy atom. The number of rotatable bonds is 11. The third kappa shape index (κ3) is 7.52. The first-order chi connectivity index (χ1) is 20.3. The molecule has 0 saturated heterocycles. The Hall–Kier alpha value is -2.93. The van der Waals surface area contributed by atoms with Crippen molar-refractivity contribution in [2.45, 2.75) is 109 Å². The minimum absolute atomic E-state index is 0.261. The molecule has 2 saturated carbocycles. The molecule has 0 aliphatic heterocycles. The van der Waals surface area contributed by atoms with E-state index >= 15 is 0 Å². The number of nitrogens with zero attached hydrogens (tertiary/aromatic N) is 1. The Labute approximate surface area is 254 Å². The lowest BCUT2D eigenvalue weighted by molar-refractivity contribution is -0.142. The third-order valence-electron chi connectivity index (χ3n) is 9.19. The molecule has 0 bridgehead atoms. The van der Waals surface area contributed by atoms with E-state index in [-0.39, 0.29) is 12.0 Å². The maximum Gasteiger partial charge on any atom is 0.328 e. The zero-order valence-corrected chi connectivity index (χ0v) is 26.4. The van der Waals surface area contributed by atoms with Crippen LogP contribution in [0.2, 0.25) is 0 Å². The molecule has 1 amide bonds. The van der Waals surface area contributed by atoms with Crippen LogP contribution in [0.15, 0.2) is 36.4 Å². The van der Waals surface area contributed by atoms with E-state index < -0.39 is 12.0 Å². The summed E-state index contributed by atoms with van der Waals surface area (Å²) >= 11 is 1.67. The van der Waals surface area contributed by atoms with Crippen LogP contribution in [-0.2, 0) is 22.4 Å². The highest BCUT2D eigenvalue weighted by molar-refractivity contribution is 7.12. The van der Waals surface area contributed by atoms with Crippen molar-refractivity contribution in [3.05, 3.63) is 57.5 Å². The van der Waals surface area contributed by atoms with Gasteiger partial charge in [0.15, 0.2) is 0 Å². The summed E-state index contributed by atoms with van der Waals surface area (Å²) in [5.74, 6) is 1.89. The number of methoxy groups -OCH3 is 1. The van der Waals surface area contributed by atoms with E-state index in [0.29, 0.717) is 24.0 Å². The Morgan fingerprint density at radius 1 is 1.00 bits per heavy atom. The molecule has 1 aromatic carbocycles. The minimum atomic E-state index is -0.782. The normalized spacial score (nSPS) is 20.1. The molecular weight excluding hydrogens is 544 g/mol. The topological polar surface area (TPSA) is 77.5 Å². The molecule has 42 heavy (non-hydrogen) atoms. The van der Waals surface area contributed by atoms with Gasteiger partial charge in [-0.3, -0.25) is 4.79 Å². The van der Waals surface area contributed by atoms with Gasteiger partial charge in [0.05, 0.1) is 13.2 Å². The SMILES string of the molecule is CCC1CCC(Oc2ccc3cc(C(=O)N[C@@H](Cc4ccc(C(C)C)s4)C(=O)OC)nc(CC4CCCC4)c3c2)CC1. The summed E-state index contributed by atoms with van der Waals surface area (Å²) < 4.78 is 11.5. The summed E-state index contributed by atoms with van der Waals surface area (Å²) in [6.45, 7) is 6.58. The molecule has 3 aromatic rings. The van der Waals surface area contributed by atoms with E-state index in [1.807, 2.05) is 18.2 Å². The summed E-state index contributed by atoms with van der Waals surface area (Å²) in [4.78, 5) is 33.5. The molecule has 7 heteroatoms. The number of hydrogen-bond acceptors (Lipinski definition) is 6. The van der Waals surface area contributed by atoms with Crippen LogP contribution in [0, 0.1) is 11.8 Å². The van der Waals surface area contributed by atoms with Crippen LogP contribution >= 0.6 is 11.3 Å². The van der Waals surface area contributed by atoms with Gasteiger partial charge >= 0.3 is 5.97 Å². The van der Waals surface area contributed by atoms with E-state index in [4.69, 9.17) is 14.5 Å². The summed E-state index contributed by atoms with van der Waals surface area (Å²) in [5.41, 5.74) is 1.28. The number of ether oxygens (including phenoxy) is 2. The number of amides is 1. The van der Waals surface area contributed by atoms with Crippen molar-refractivity contribution in [2.75, 3.05) is 7.11 Å². The maximum absolute atomic E-state index is 13.6. The third-order valence-corrected chi connectivity index (χ3v) is 10.6. The van der Waals surface area contributed by atoms with Gasteiger partial charge in [0.25, 0.3) is 5.91 Å². The van der Waals surface area contributed by atoms with E-state index in [1.165, 1.54) is 56.9 Å². The van der Waals surface area contributed by atoms with Crippen molar-refractivity contribution in [1.29, 1.82) is 0 Å². The minimum Gasteiger partial charge on any atom is -0.490 e. The smallest absolute Gasteiger partial charge is 0.328 e. The van der Waals surface area contributed by atoms with Crippen LogP contribution in [0.4, 0.5) is 0 Å². The largest absolute Gasteiger partial charge is 0.490 e. The number of fused-ring (bicyclic) bond motifs is 1. The molecule has 226 valence electrons. The molecule has 2 fully saturated rings. The fraction of sp³-hybridized carbons (Fsp3) is 0.571. The van der Waals surface area contributed by atoms with E-state index in [9.17, 15) is 9.59 Å². The number of thiophene rings is 1. The first-order valence-electron chi connectivity index (χ1n) is 15.9. The Morgan fingerprint density at radius 3 is 2.43 bits per heavy atom. The van der Waals surface area contributed by atoms with Gasteiger partial charge in [-0.1, -0.05) is 58.9 Å². The van der Waals surface area contributed by atoms with Gasteiger partial charge in [0.2, 0.25) is 0 Å². The number of benzene rings is 1. The number of hydrogen-bond donors (Lipinski definition) is 1. The summed E-state index contributed by atoms with van der Waals surface area (Å²) in [6, 6.07) is 11.4. The van der Waals surface area contributed by atoms with Gasteiger partial charge in [0.1, 0.15) is 17.5 Å².